The third-order valence-electron chi connectivity index (χ3n) is 1.78. The Labute approximate surface area is 82.6 Å². The molecule has 0 saturated carbocycles. The SMILES string of the molecule is C=Cc1ccc(OC(C)C(=O)O)cc1. The Kier molecular flexibility index (Phi) is 3.29. The highest BCUT2D eigenvalue weighted by molar-refractivity contribution is 5.72. The monoisotopic (exact) mass is 192 g/mol. The quantitative estimate of drug-likeness (QED) is 0.795. The van der Waals surface area contributed by atoms with E-state index in [1.165, 1.54) is 6.92 Å². The van der Waals surface area contributed by atoms with E-state index >= 15 is 0 Å². The fraction of sp³-hybridized carbons (Fsp3) is 0.182. The zero-order chi connectivity index (χ0) is 10.6. The molecule has 1 atom stereocenters. The Morgan fingerprint density at radius 3 is 2.50 bits per heavy atom. The number of hydrogen-bond donors (Lipinski definition) is 1. The molecular formula is C11H12O3. The van der Waals surface area contributed by atoms with Crippen molar-refractivity contribution in [1.82, 2.24) is 0 Å². The van der Waals surface area contributed by atoms with E-state index in [4.69, 9.17) is 9.84 Å². The molecule has 0 fully saturated rings. The van der Waals surface area contributed by atoms with Gasteiger partial charge in [-0.1, -0.05) is 24.8 Å². The van der Waals surface area contributed by atoms with Gasteiger partial charge in [-0.25, -0.2) is 4.79 Å². The molecule has 0 aliphatic rings. The van der Waals surface area contributed by atoms with Crippen LogP contribution in [-0.2, 0) is 4.79 Å². The molecule has 0 spiro atoms. The summed E-state index contributed by atoms with van der Waals surface area (Å²) in [5.74, 6) is -0.428. The summed E-state index contributed by atoms with van der Waals surface area (Å²) in [4.78, 5) is 10.5. The Hall–Kier alpha value is -1.77. The lowest BCUT2D eigenvalue weighted by Crippen LogP contribution is -2.22. The van der Waals surface area contributed by atoms with Gasteiger partial charge in [-0.2, -0.15) is 0 Å². The van der Waals surface area contributed by atoms with Crippen molar-refractivity contribution in [1.29, 1.82) is 0 Å². The highest BCUT2D eigenvalue weighted by Gasteiger charge is 2.11. The average Bonchev–Trinajstić information content (AvgIpc) is 2.19. The highest BCUT2D eigenvalue weighted by Crippen LogP contribution is 2.14. The summed E-state index contributed by atoms with van der Waals surface area (Å²) in [7, 11) is 0. The molecule has 0 aromatic heterocycles. The third-order valence-corrected chi connectivity index (χ3v) is 1.78. The summed E-state index contributed by atoms with van der Waals surface area (Å²) >= 11 is 0. The van der Waals surface area contributed by atoms with Crippen molar-refractivity contribution < 1.29 is 14.6 Å². The minimum absolute atomic E-state index is 0.547. The summed E-state index contributed by atoms with van der Waals surface area (Å²) in [6, 6.07) is 7.07. The van der Waals surface area contributed by atoms with Gasteiger partial charge in [0.1, 0.15) is 5.75 Å². The van der Waals surface area contributed by atoms with Gasteiger partial charge < -0.3 is 9.84 Å². The first-order valence-corrected chi connectivity index (χ1v) is 4.25. The zero-order valence-electron chi connectivity index (χ0n) is 7.93. The first kappa shape index (κ1) is 10.3. The Balaban J connectivity index is 2.68. The maximum atomic E-state index is 10.5. The molecule has 3 heteroatoms. The van der Waals surface area contributed by atoms with Crippen LogP contribution in [-0.4, -0.2) is 17.2 Å². The highest BCUT2D eigenvalue weighted by atomic mass is 16.5. The summed E-state index contributed by atoms with van der Waals surface area (Å²) in [5.41, 5.74) is 0.973. The van der Waals surface area contributed by atoms with Crippen LogP contribution in [0, 0.1) is 0 Å². The van der Waals surface area contributed by atoms with Gasteiger partial charge in [0.2, 0.25) is 0 Å². The van der Waals surface area contributed by atoms with Gasteiger partial charge in [-0.3, -0.25) is 0 Å². The number of aliphatic carboxylic acids is 1. The van der Waals surface area contributed by atoms with Crippen molar-refractivity contribution in [2.24, 2.45) is 0 Å². The minimum atomic E-state index is -0.974. The molecule has 1 unspecified atom stereocenters. The number of benzene rings is 1. The largest absolute Gasteiger partial charge is 0.479 e. The van der Waals surface area contributed by atoms with Crippen LogP contribution in [0.5, 0.6) is 5.75 Å². The van der Waals surface area contributed by atoms with E-state index in [2.05, 4.69) is 6.58 Å². The van der Waals surface area contributed by atoms with Gasteiger partial charge in [-0.05, 0) is 24.6 Å². The molecular weight excluding hydrogens is 180 g/mol. The van der Waals surface area contributed by atoms with Crippen LogP contribution in [0.3, 0.4) is 0 Å². The summed E-state index contributed by atoms with van der Waals surface area (Å²) in [5, 5.41) is 8.60. The minimum Gasteiger partial charge on any atom is -0.479 e. The average molecular weight is 192 g/mol. The Morgan fingerprint density at radius 1 is 1.50 bits per heavy atom. The molecule has 0 saturated heterocycles. The molecule has 0 heterocycles. The predicted octanol–water partition coefficient (Wildman–Crippen LogP) is 2.18. The van der Waals surface area contributed by atoms with Crippen LogP contribution in [0.1, 0.15) is 12.5 Å². The Bertz CT molecular complexity index is 327. The van der Waals surface area contributed by atoms with Gasteiger partial charge in [0.05, 0.1) is 0 Å². The van der Waals surface area contributed by atoms with Crippen LogP contribution in [0.4, 0.5) is 0 Å². The number of hydrogen-bond acceptors (Lipinski definition) is 2. The lowest BCUT2D eigenvalue weighted by atomic mass is 10.2. The summed E-state index contributed by atoms with van der Waals surface area (Å²) in [6.45, 7) is 5.10. The molecule has 0 amide bonds. The fourth-order valence-electron chi connectivity index (χ4n) is 0.937. The van der Waals surface area contributed by atoms with E-state index in [1.807, 2.05) is 12.1 Å². The number of ether oxygens (including phenoxy) is 1. The van der Waals surface area contributed by atoms with Gasteiger partial charge in [0.25, 0.3) is 0 Å². The van der Waals surface area contributed by atoms with Crippen LogP contribution in [0.2, 0.25) is 0 Å². The van der Waals surface area contributed by atoms with Crippen molar-refractivity contribution in [3.8, 4) is 5.75 Å². The molecule has 1 N–H and O–H groups in total. The maximum absolute atomic E-state index is 10.5. The van der Waals surface area contributed by atoms with E-state index < -0.39 is 12.1 Å². The topological polar surface area (TPSA) is 46.5 Å². The first-order valence-electron chi connectivity index (χ1n) is 4.25. The van der Waals surface area contributed by atoms with E-state index in [0.29, 0.717) is 5.75 Å². The molecule has 0 aliphatic heterocycles. The van der Waals surface area contributed by atoms with Crippen molar-refractivity contribution >= 4 is 12.0 Å². The molecule has 1 aromatic rings. The van der Waals surface area contributed by atoms with Gasteiger partial charge in [-0.15, -0.1) is 0 Å². The normalized spacial score (nSPS) is 11.8. The number of carboxylic acid groups (broad SMARTS) is 1. The van der Waals surface area contributed by atoms with Crippen LogP contribution >= 0.6 is 0 Å². The molecule has 0 radical (unpaired) electrons. The van der Waals surface area contributed by atoms with E-state index in [0.717, 1.165) is 5.56 Å². The van der Waals surface area contributed by atoms with Crippen LogP contribution in [0.15, 0.2) is 30.8 Å². The van der Waals surface area contributed by atoms with Gasteiger partial charge in [0.15, 0.2) is 6.10 Å². The molecule has 0 aliphatic carbocycles. The zero-order valence-corrected chi connectivity index (χ0v) is 7.93. The van der Waals surface area contributed by atoms with Crippen molar-refractivity contribution in [3.05, 3.63) is 36.4 Å². The van der Waals surface area contributed by atoms with E-state index in [9.17, 15) is 4.79 Å². The molecule has 1 aromatic carbocycles. The molecule has 0 bridgehead atoms. The van der Waals surface area contributed by atoms with Crippen molar-refractivity contribution in [2.75, 3.05) is 0 Å². The second-order valence-corrected chi connectivity index (χ2v) is 2.87. The van der Waals surface area contributed by atoms with Crippen molar-refractivity contribution in [3.63, 3.8) is 0 Å². The molecule has 3 nitrogen and oxygen atoms in total. The standard InChI is InChI=1S/C11H12O3/c1-3-9-4-6-10(7-5-9)14-8(2)11(12)13/h3-8H,1H2,2H3,(H,12,13). The second kappa shape index (κ2) is 4.46. The number of rotatable bonds is 4. The molecule has 14 heavy (non-hydrogen) atoms. The van der Waals surface area contributed by atoms with E-state index in [1.54, 1.807) is 18.2 Å². The fourth-order valence-corrected chi connectivity index (χ4v) is 0.937. The van der Waals surface area contributed by atoms with Gasteiger partial charge in [0, 0.05) is 0 Å². The molecule has 74 valence electrons. The smallest absolute Gasteiger partial charge is 0.344 e. The Morgan fingerprint density at radius 2 is 2.07 bits per heavy atom. The lowest BCUT2D eigenvalue weighted by Gasteiger charge is -2.09. The summed E-state index contributed by atoms with van der Waals surface area (Å²) in [6.07, 6.45) is 0.884. The number of carbonyl (C=O) groups is 1. The first-order chi connectivity index (χ1) is 6.63. The third kappa shape index (κ3) is 2.62. The molecule has 1 rings (SSSR count). The maximum Gasteiger partial charge on any atom is 0.344 e. The van der Waals surface area contributed by atoms with E-state index in [-0.39, 0.29) is 0 Å². The summed E-state index contributed by atoms with van der Waals surface area (Å²) < 4.78 is 5.14. The predicted molar refractivity (Wildman–Crippen MR) is 54.3 cm³/mol. The number of carboxylic acids is 1. The van der Waals surface area contributed by atoms with Gasteiger partial charge >= 0.3 is 5.97 Å². The van der Waals surface area contributed by atoms with Crippen LogP contribution in [0.25, 0.3) is 6.08 Å². The lowest BCUT2D eigenvalue weighted by molar-refractivity contribution is -0.144. The second-order valence-electron chi connectivity index (χ2n) is 2.87. The van der Waals surface area contributed by atoms with Crippen LogP contribution < -0.4 is 4.74 Å². The van der Waals surface area contributed by atoms with Crippen molar-refractivity contribution in [2.45, 2.75) is 13.0 Å².